The average Bonchev–Trinajstić information content (AvgIpc) is 2.81. The van der Waals surface area contributed by atoms with Gasteiger partial charge in [-0.25, -0.2) is 0 Å². The van der Waals surface area contributed by atoms with Gasteiger partial charge in [0.2, 0.25) is 0 Å². The molecule has 17 heavy (non-hydrogen) atoms. The fraction of sp³-hybridized carbons (Fsp3) is 1.00. The van der Waals surface area contributed by atoms with Gasteiger partial charge in [0.25, 0.3) is 0 Å². The molecule has 1 saturated heterocycles. The average molecular weight is 234 g/mol. The van der Waals surface area contributed by atoms with Crippen LogP contribution in [-0.2, 0) is 0 Å². The topological polar surface area (TPSA) is 29.3 Å². The standard InChI is InChI=1S/C15H26N2/c16-11-14-6-12-5-13(7-14)9-15(8-12,10-14)17-3-1-2-4-17/h12-13H,1-11,16H2. The van der Waals surface area contributed by atoms with Crippen LogP contribution < -0.4 is 5.73 Å². The largest absolute Gasteiger partial charge is 0.330 e. The van der Waals surface area contributed by atoms with Gasteiger partial charge in [-0.05, 0) is 88.3 Å². The van der Waals surface area contributed by atoms with Crippen molar-refractivity contribution in [2.45, 2.75) is 56.9 Å². The highest BCUT2D eigenvalue weighted by Crippen LogP contribution is 2.63. The highest BCUT2D eigenvalue weighted by Gasteiger charge is 2.59. The molecule has 2 N–H and O–H groups in total. The van der Waals surface area contributed by atoms with Gasteiger partial charge in [-0.1, -0.05) is 0 Å². The maximum absolute atomic E-state index is 6.17. The van der Waals surface area contributed by atoms with E-state index in [4.69, 9.17) is 5.73 Å². The van der Waals surface area contributed by atoms with E-state index in [-0.39, 0.29) is 0 Å². The molecular formula is C15H26N2. The molecule has 0 spiro atoms. The predicted molar refractivity (Wildman–Crippen MR) is 69.7 cm³/mol. The van der Waals surface area contributed by atoms with Gasteiger partial charge in [0.15, 0.2) is 0 Å². The van der Waals surface area contributed by atoms with Gasteiger partial charge < -0.3 is 5.73 Å². The number of hydrogen-bond donors (Lipinski definition) is 1. The summed E-state index contributed by atoms with van der Waals surface area (Å²) in [6.45, 7) is 3.70. The molecule has 2 atom stereocenters. The number of likely N-dealkylation sites (tertiary alicyclic amines) is 1. The van der Waals surface area contributed by atoms with Crippen LogP contribution in [-0.4, -0.2) is 30.1 Å². The molecule has 5 rings (SSSR count). The summed E-state index contributed by atoms with van der Waals surface area (Å²) >= 11 is 0. The van der Waals surface area contributed by atoms with Crippen LogP contribution in [0, 0.1) is 17.3 Å². The SMILES string of the molecule is NCC12CC3CC(C1)CC(N1CCCC1)(C3)C2. The Hall–Kier alpha value is -0.0800. The number of nitrogens with zero attached hydrogens (tertiary/aromatic N) is 1. The van der Waals surface area contributed by atoms with Crippen LogP contribution >= 0.6 is 0 Å². The summed E-state index contributed by atoms with van der Waals surface area (Å²) < 4.78 is 0. The molecule has 2 nitrogen and oxygen atoms in total. The van der Waals surface area contributed by atoms with E-state index in [1.807, 2.05) is 0 Å². The number of hydrogen-bond acceptors (Lipinski definition) is 2. The van der Waals surface area contributed by atoms with Crippen LogP contribution in [0.2, 0.25) is 0 Å². The van der Waals surface area contributed by atoms with Crippen LogP contribution in [0.5, 0.6) is 0 Å². The molecule has 5 fully saturated rings. The molecule has 1 aliphatic heterocycles. The van der Waals surface area contributed by atoms with Crippen molar-refractivity contribution in [1.82, 2.24) is 4.90 Å². The zero-order chi connectivity index (χ0) is 11.5. The van der Waals surface area contributed by atoms with Crippen molar-refractivity contribution in [2.24, 2.45) is 23.0 Å². The molecule has 1 heterocycles. The van der Waals surface area contributed by atoms with Crippen molar-refractivity contribution < 1.29 is 0 Å². The molecule has 0 aromatic heterocycles. The van der Waals surface area contributed by atoms with Crippen LogP contribution in [0.3, 0.4) is 0 Å². The van der Waals surface area contributed by atoms with E-state index in [0.29, 0.717) is 11.0 Å². The van der Waals surface area contributed by atoms with E-state index in [1.54, 1.807) is 0 Å². The fourth-order valence-corrected chi connectivity index (χ4v) is 6.20. The van der Waals surface area contributed by atoms with Gasteiger partial charge in [0.1, 0.15) is 0 Å². The Balaban J connectivity index is 1.68. The van der Waals surface area contributed by atoms with E-state index < -0.39 is 0 Å². The van der Waals surface area contributed by atoms with E-state index >= 15 is 0 Å². The van der Waals surface area contributed by atoms with E-state index in [2.05, 4.69) is 4.90 Å². The first-order chi connectivity index (χ1) is 8.24. The normalized spacial score (nSPS) is 53.5. The smallest absolute Gasteiger partial charge is 0.0220 e. The third-order valence-corrected chi connectivity index (χ3v) is 6.36. The van der Waals surface area contributed by atoms with Gasteiger partial charge in [-0.3, -0.25) is 4.90 Å². The molecule has 4 saturated carbocycles. The summed E-state index contributed by atoms with van der Waals surface area (Å²) in [5.74, 6) is 2.03. The number of rotatable bonds is 2. The van der Waals surface area contributed by atoms with Crippen molar-refractivity contribution in [1.29, 1.82) is 0 Å². The molecule has 0 amide bonds. The second kappa shape index (κ2) is 3.48. The molecule has 4 bridgehead atoms. The minimum atomic E-state index is 0.548. The predicted octanol–water partition coefficient (Wildman–Crippen LogP) is 2.38. The van der Waals surface area contributed by atoms with Crippen LogP contribution in [0.1, 0.15) is 51.4 Å². The summed E-state index contributed by atoms with van der Waals surface area (Å²) in [7, 11) is 0. The lowest BCUT2D eigenvalue weighted by Gasteiger charge is -2.64. The maximum atomic E-state index is 6.17. The molecule has 0 aromatic rings. The molecule has 4 aliphatic carbocycles. The lowest BCUT2D eigenvalue weighted by atomic mass is 9.46. The van der Waals surface area contributed by atoms with E-state index in [0.717, 1.165) is 18.4 Å². The molecule has 0 radical (unpaired) electrons. The molecule has 5 aliphatic rings. The second-order valence-corrected chi connectivity index (χ2v) is 7.58. The monoisotopic (exact) mass is 234 g/mol. The lowest BCUT2D eigenvalue weighted by molar-refractivity contribution is -0.123. The molecule has 0 aromatic carbocycles. The van der Waals surface area contributed by atoms with Crippen molar-refractivity contribution in [3.8, 4) is 0 Å². The minimum absolute atomic E-state index is 0.548. The Morgan fingerprint density at radius 2 is 1.65 bits per heavy atom. The quantitative estimate of drug-likeness (QED) is 0.795. The van der Waals surface area contributed by atoms with Gasteiger partial charge in [0.05, 0.1) is 0 Å². The summed E-state index contributed by atoms with van der Waals surface area (Å²) in [5, 5.41) is 0. The summed E-state index contributed by atoms with van der Waals surface area (Å²) in [5.41, 5.74) is 7.31. The molecule has 2 unspecified atom stereocenters. The first kappa shape index (κ1) is 10.8. The zero-order valence-corrected chi connectivity index (χ0v) is 11.0. The fourth-order valence-electron chi connectivity index (χ4n) is 6.20. The number of nitrogens with two attached hydrogens (primary N) is 1. The van der Waals surface area contributed by atoms with Crippen molar-refractivity contribution in [3.63, 3.8) is 0 Å². The van der Waals surface area contributed by atoms with Crippen molar-refractivity contribution in [2.75, 3.05) is 19.6 Å². The van der Waals surface area contributed by atoms with E-state index in [1.165, 1.54) is 64.5 Å². The van der Waals surface area contributed by atoms with E-state index in [9.17, 15) is 0 Å². The Morgan fingerprint density at radius 3 is 2.24 bits per heavy atom. The first-order valence-electron chi connectivity index (χ1n) is 7.69. The summed E-state index contributed by atoms with van der Waals surface area (Å²) in [6.07, 6.45) is 11.8. The van der Waals surface area contributed by atoms with Gasteiger partial charge in [0, 0.05) is 5.54 Å². The third kappa shape index (κ3) is 1.46. The second-order valence-electron chi connectivity index (χ2n) is 7.58. The van der Waals surface area contributed by atoms with Gasteiger partial charge >= 0.3 is 0 Å². The Bertz CT molecular complexity index is 305. The highest BCUT2D eigenvalue weighted by molar-refractivity contribution is 5.13. The zero-order valence-electron chi connectivity index (χ0n) is 11.0. The van der Waals surface area contributed by atoms with Crippen LogP contribution in [0.15, 0.2) is 0 Å². The molecular weight excluding hydrogens is 208 g/mol. The lowest BCUT2D eigenvalue weighted by Crippen LogP contribution is -2.63. The Kier molecular flexibility index (Phi) is 2.21. The molecule has 2 heteroatoms. The third-order valence-electron chi connectivity index (χ3n) is 6.36. The van der Waals surface area contributed by atoms with Gasteiger partial charge in [-0.2, -0.15) is 0 Å². The van der Waals surface area contributed by atoms with Crippen molar-refractivity contribution in [3.05, 3.63) is 0 Å². The maximum Gasteiger partial charge on any atom is 0.0220 e. The molecule has 96 valence electrons. The van der Waals surface area contributed by atoms with Crippen LogP contribution in [0.25, 0.3) is 0 Å². The van der Waals surface area contributed by atoms with Crippen molar-refractivity contribution >= 4 is 0 Å². The van der Waals surface area contributed by atoms with Crippen LogP contribution in [0.4, 0.5) is 0 Å². The highest BCUT2D eigenvalue weighted by atomic mass is 15.2. The first-order valence-corrected chi connectivity index (χ1v) is 7.69. The minimum Gasteiger partial charge on any atom is -0.330 e. The Morgan fingerprint density at radius 1 is 1.00 bits per heavy atom. The summed E-state index contributed by atoms with van der Waals surface area (Å²) in [4.78, 5) is 2.87. The van der Waals surface area contributed by atoms with Gasteiger partial charge in [-0.15, -0.1) is 0 Å². The Labute approximate surface area is 105 Å². The summed E-state index contributed by atoms with van der Waals surface area (Å²) in [6, 6.07) is 0.